The maximum atomic E-state index is 13.0. The average Bonchev–Trinajstić information content (AvgIpc) is 3.40. The van der Waals surface area contributed by atoms with Crippen LogP contribution in [0.5, 0.6) is 0 Å². The molecule has 1 saturated heterocycles. The largest absolute Gasteiger partial charge is 0.334 e. The Balaban J connectivity index is 1.53. The van der Waals surface area contributed by atoms with Crippen LogP contribution in [0.1, 0.15) is 30.3 Å². The van der Waals surface area contributed by atoms with Gasteiger partial charge >= 0.3 is 0 Å². The Morgan fingerprint density at radius 1 is 1.30 bits per heavy atom. The number of nitrogens with one attached hydrogen (secondary N) is 1. The number of amides is 1. The zero-order valence-corrected chi connectivity index (χ0v) is 16.2. The first-order valence-electron chi connectivity index (χ1n) is 9.34. The van der Waals surface area contributed by atoms with Crippen molar-refractivity contribution >= 4 is 17.2 Å². The zero-order valence-electron chi connectivity index (χ0n) is 15.3. The topological polar surface area (TPSA) is 63.1 Å². The highest BCUT2D eigenvalue weighted by atomic mass is 32.1. The summed E-state index contributed by atoms with van der Waals surface area (Å²) >= 11 is 1.49. The Morgan fingerprint density at radius 2 is 2.07 bits per heavy atom. The Kier molecular flexibility index (Phi) is 5.31. The maximum Gasteiger partial charge on any atom is 0.273 e. The van der Waals surface area contributed by atoms with Crippen LogP contribution in [0, 0.1) is 0 Å². The van der Waals surface area contributed by atoms with Gasteiger partial charge in [-0.05, 0) is 45.0 Å². The van der Waals surface area contributed by atoms with E-state index in [1.165, 1.54) is 11.3 Å². The van der Waals surface area contributed by atoms with E-state index < -0.39 is 0 Å². The molecule has 1 fully saturated rings. The molecule has 2 aromatic heterocycles. The van der Waals surface area contributed by atoms with Crippen LogP contribution in [0.15, 0.2) is 48.1 Å². The smallest absolute Gasteiger partial charge is 0.273 e. The van der Waals surface area contributed by atoms with E-state index in [2.05, 4.69) is 15.4 Å². The predicted octanol–water partition coefficient (Wildman–Crippen LogP) is 3.21. The molecular formula is C20H23N5OS. The standard InChI is InChI=1S/C20H23N5OS/c1-2-24(16-8-10-21-11-9-16)20(26)18-14-27-19(23-18)15-12-22-25(13-15)17-6-4-3-5-7-17/h3-7,12-14,16,21H,2,8-11H2,1H3. The summed E-state index contributed by atoms with van der Waals surface area (Å²) < 4.78 is 1.83. The maximum absolute atomic E-state index is 13.0. The third-order valence-electron chi connectivity index (χ3n) is 4.92. The van der Waals surface area contributed by atoms with Crippen molar-refractivity contribution in [2.45, 2.75) is 25.8 Å². The molecule has 1 amide bonds. The third kappa shape index (κ3) is 3.79. The molecule has 7 heteroatoms. The van der Waals surface area contributed by atoms with Gasteiger partial charge in [-0.25, -0.2) is 9.67 Å². The fourth-order valence-electron chi connectivity index (χ4n) is 3.49. The predicted molar refractivity (Wildman–Crippen MR) is 107 cm³/mol. The van der Waals surface area contributed by atoms with E-state index in [1.54, 1.807) is 6.20 Å². The summed E-state index contributed by atoms with van der Waals surface area (Å²) in [4.78, 5) is 19.6. The van der Waals surface area contributed by atoms with Gasteiger partial charge in [0.2, 0.25) is 0 Å². The molecule has 3 heterocycles. The van der Waals surface area contributed by atoms with Crippen molar-refractivity contribution in [1.29, 1.82) is 0 Å². The molecule has 1 aromatic carbocycles. The summed E-state index contributed by atoms with van der Waals surface area (Å²) in [6.07, 6.45) is 5.75. The monoisotopic (exact) mass is 381 g/mol. The molecule has 140 valence electrons. The van der Waals surface area contributed by atoms with E-state index in [9.17, 15) is 4.79 Å². The van der Waals surface area contributed by atoms with E-state index >= 15 is 0 Å². The van der Waals surface area contributed by atoms with Gasteiger partial charge in [-0.2, -0.15) is 5.10 Å². The number of aromatic nitrogens is 3. The summed E-state index contributed by atoms with van der Waals surface area (Å²) in [5.41, 5.74) is 2.45. The number of piperidine rings is 1. The number of hydrogen-bond acceptors (Lipinski definition) is 5. The lowest BCUT2D eigenvalue weighted by molar-refractivity contribution is 0.0651. The molecule has 0 aliphatic carbocycles. The fourth-order valence-corrected chi connectivity index (χ4v) is 4.26. The van der Waals surface area contributed by atoms with Crippen molar-refractivity contribution in [3.05, 3.63) is 53.8 Å². The number of rotatable bonds is 5. The second-order valence-electron chi connectivity index (χ2n) is 6.62. The van der Waals surface area contributed by atoms with Gasteiger partial charge in [0, 0.05) is 29.7 Å². The first-order chi connectivity index (χ1) is 13.3. The SMILES string of the molecule is CCN(C(=O)c1csc(-c2cnn(-c3ccccc3)c2)n1)C1CCNCC1. The molecule has 0 unspecified atom stereocenters. The van der Waals surface area contributed by atoms with Gasteiger partial charge < -0.3 is 10.2 Å². The van der Waals surface area contributed by atoms with Crippen LogP contribution in [0.4, 0.5) is 0 Å². The molecule has 1 aliphatic rings. The molecule has 0 spiro atoms. The highest BCUT2D eigenvalue weighted by molar-refractivity contribution is 7.13. The number of thiazole rings is 1. The molecular weight excluding hydrogens is 358 g/mol. The van der Waals surface area contributed by atoms with Gasteiger partial charge in [-0.3, -0.25) is 4.79 Å². The van der Waals surface area contributed by atoms with Crippen molar-refractivity contribution in [3.63, 3.8) is 0 Å². The van der Waals surface area contributed by atoms with Crippen LogP contribution < -0.4 is 5.32 Å². The van der Waals surface area contributed by atoms with Crippen LogP contribution >= 0.6 is 11.3 Å². The number of nitrogens with zero attached hydrogens (tertiary/aromatic N) is 4. The molecule has 0 saturated carbocycles. The number of carbonyl (C=O) groups excluding carboxylic acids is 1. The van der Waals surface area contributed by atoms with Gasteiger partial charge in [0.25, 0.3) is 5.91 Å². The van der Waals surface area contributed by atoms with E-state index in [-0.39, 0.29) is 5.91 Å². The highest BCUT2D eigenvalue weighted by Gasteiger charge is 2.26. The molecule has 1 aliphatic heterocycles. The molecule has 3 aromatic rings. The Morgan fingerprint density at radius 3 is 2.81 bits per heavy atom. The van der Waals surface area contributed by atoms with Gasteiger partial charge in [0.05, 0.1) is 11.9 Å². The van der Waals surface area contributed by atoms with Crippen molar-refractivity contribution in [2.24, 2.45) is 0 Å². The van der Waals surface area contributed by atoms with E-state index in [0.29, 0.717) is 18.3 Å². The second kappa shape index (κ2) is 8.02. The van der Waals surface area contributed by atoms with Crippen molar-refractivity contribution in [3.8, 4) is 16.3 Å². The Labute approximate surface area is 162 Å². The first kappa shape index (κ1) is 17.9. The summed E-state index contributed by atoms with van der Waals surface area (Å²) in [5.74, 6) is 0.0300. The van der Waals surface area contributed by atoms with Gasteiger partial charge in [0.15, 0.2) is 0 Å². The molecule has 0 bridgehead atoms. The lowest BCUT2D eigenvalue weighted by atomic mass is 10.0. The normalized spacial score (nSPS) is 15.0. The minimum atomic E-state index is 0.0300. The highest BCUT2D eigenvalue weighted by Crippen LogP contribution is 2.25. The lowest BCUT2D eigenvalue weighted by Crippen LogP contribution is -2.46. The number of benzene rings is 1. The zero-order chi connectivity index (χ0) is 18.6. The minimum absolute atomic E-state index is 0.0300. The summed E-state index contributed by atoms with van der Waals surface area (Å²) in [6, 6.07) is 10.3. The van der Waals surface area contributed by atoms with Crippen molar-refractivity contribution < 1.29 is 4.79 Å². The Bertz CT molecular complexity index is 898. The van der Waals surface area contributed by atoms with Crippen LogP contribution in [0.25, 0.3) is 16.3 Å². The van der Waals surface area contributed by atoms with Crippen LogP contribution in [0.2, 0.25) is 0 Å². The van der Waals surface area contributed by atoms with Crippen LogP contribution in [-0.4, -0.2) is 51.2 Å². The lowest BCUT2D eigenvalue weighted by Gasteiger charge is -2.33. The second-order valence-corrected chi connectivity index (χ2v) is 7.48. The molecule has 1 N–H and O–H groups in total. The summed E-state index contributed by atoms with van der Waals surface area (Å²) in [7, 11) is 0. The molecule has 0 atom stereocenters. The quantitative estimate of drug-likeness (QED) is 0.737. The molecule has 4 rings (SSSR count). The summed E-state index contributed by atoms with van der Waals surface area (Å²) in [6.45, 7) is 4.68. The van der Waals surface area contributed by atoms with Crippen LogP contribution in [-0.2, 0) is 0 Å². The number of carbonyl (C=O) groups is 1. The van der Waals surface area contributed by atoms with Gasteiger partial charge in [-0.1, -0.05) is 18.2 Å². The third-order valence-corrected chi connectivity index (χ3v) is 5.82. The number of hydrogen-bond donors (Lipinski definition) is 1. The van der Waals surface area contributed by atoms with E-state index in [0.717, 1.165) is 42.2 Å². The molecule has 6 nitrogen and oxygen atoms in total. The van der Waals surface area contributed by atoms with E-state index in [1.807, 2.05) is 58.4 Å². The van der Waals surface area contributed by atoms with E-state index in [4.69, 9.17) is 0 Å². The fraction of sp³-hybridized carbons (Fsp3) is 0.350. The summed E-state index contributed by atoms with van der Waals surface area (Å²) in [5, 5.41) is 10.5. The average molecular weight is 382 g/mol. The first-order valence-corrected chi connectivity index (χ1v) is 10.2. The van der Waals surface area contributed by atoms with Gasteiger partial charge in [-0.15, -0.1) is 11.3 Å². The van der Waals surface area contributed by atoms with Crippen molar-refractivity contribution in [2.75, 3.05) is 19.6 Å². The number of para-hydroxylation sites is 1. The Hall–Kier alpha value is -2.51. The molecule has 27 heavy (non-hydrogen) atoms. The van der Waals surface area contributed by atoms with Crippen molar-refractivity contribution in [1.82, 2.24) is 25.0 Å². The molecule has 0 radical (unpaired) electrons. The van der Waals surface area contributed by atoms with Gasteiger partial charge in [0.1, 0.15) is 10.7 Å². The van der Waals surface area contributed by atoms with Crippen LogP contribution in [0.3, 0.4) is 0 Å². The minimum Gasteiger partial charge on any atom is -0.334 e.